The molecule has 1 fully saturated rings. The number of ether oxygens (including phenoxy) is 1. The Bertz CT molecular complexity index is 988. The quantitative estimate of drug-likeness (QED) is 0.693. The van der Waals surface area contributed by atoms with Gasteiger partial charge in [0.2, 0.25) is 0 Å². The molecular formula is C25H29FN3O2+. The van der Waals surface area contributed by atoms with E-state index in [1.165, 1.54) is 6.08 Å². The van der Waals surface area contributed by atoms with Crippen molar-refractivity contribution in [3.8, 4) is 17.0 Å². The zero-order chi connectivity index (χ0) is 21.8. The first-order valence-electron chi connectivity index (χ1n) is 10.8. The van der Waals surface area contributed by atoms with Crippen molar-refractivity contribution >= 4 is 5.91 Å². The van der Waals surface area contributed by atoms with Gasteiger partial charge in [0.1, 0.15) is 23.4 Å². The van der Waals surface area contributed by atoms with Crippen LogP contribution in [0.5, 0.6) is 5.75 Å². The molecule has 31 heavy (non-hydrogen) atoms. The molecule has 2 aliphatic rings. The number of hydrogen-bond donors (Lipinski definition) is 0. The Morgan fingerprint density at radius 3 is 2.61 bits per heavy atom. The fourth-order valence-corrected chi connectivity index (χ4v) is 3.74. The first-order valence-corrected chi connectivity index (χ1v) is 10.8. The second-order valence-corrected chi connectivity index (χ2v) is 8.77. The van der Waals surface area contributed by atoms with E-state index in [-0.39, 0.29) is 5.91 Å². The van der Waals surface area contributed by atoms with E-state index in [0.717, 1.165) is 41.9 Å². The minimum Gasteiger partial charge on any atom is -0.458 e. The van der Waals surface area contributed by atoms with Gasteiger partial charge in [0.05, 0.1) is 46.0 Å². The van der Waals surface area contributed by atoms with E-state index in [1.807, 2.05) is 47.4 Å². The number of rotatable bonds is 4. The summed E-state index contributed by atoms with van der Waals surface area (Å²) in [6.45, 7) is 3.39. The predicted molar refractivity (Wildman–Crippen MR) is 119 cm³/mol. The molecule has 4 rings (SSSR count). The molecular weight excluding hydrogens is 393 g/mol. The van der Waals surface area contributed by atoms with E-state index in [1.54, 1.807) is 12.1 Å². The second kappa shape index (κ2) is 9.02. The first kappa shape index (κ1) is 21.2. The van der Waals surface area contributed by atoms with Crippen LogP contribution in [-0.4, -0.2) is 66.7 Å². The molecule has 6 heteroatoms. The SMILES string of the molecule is C[N+]1(C)CCN(C(=O)c2cccc(-c3ccc(OC4=CCCC(F)C=C4)cc3)n2)CC1. The highest BCUT2D eigenvalue weighted by Gasteiger charge is 2.28. The number of hydrogen-bond acceptors (Lipinski definition) is 3. The number of likely N-dealkylation sites (N-methyl/N-ethyl adjacent to an activating group) is 1. The summed E-state index contributed by atoms with van der Waals surface area (Å²) in [4.78, 5) is 19.4. The van der Waals surface area contributed by atoms with Crippen LogP contribution in [-0.2, 0) is 0 Å². The van der Waals surface area contributed by atoms with E-state index in [2.05, 4.69) is 19.1 Å². The molecule has 162 valence electrons. The Hall–Kier alpha value is -2.99. The summed E-state index contributed by atoms with van der Waals surface area (Å²) in [5, 5.41) is 0. The topological polar surface area (TPSA) is 42.4 Å². The zero-order valence-electron chi connectivity index (χ0n) is 18.1. The summed E-state index contributed by atoms with van der Waals surface area (Å²) in [6, 6.07) is 13.1. The van der Waals surface area contributed by atoms with Gasteiger partial charge in [0, 0.05) is 5.56 Å². The molecule has 1 saturated heterocycles. The molecule has 5 nitrogen and oxygen atoms in total. The van der Waals surface area contributed by atoms with Gasteiger partial charge in [0.25, 0.3) is 5.91 Å². The zero-order valence-corrected chi connectivity index (χ0v) is 18.1. The third-order valence-electron chi connectivity index (χ3n) is 5.85. The van der Waals surface area contributed by atoms with Crippen molar-refractivity contribution < 1.29 is 18.4 Å². The van der Waals surface area contributed by atoms with Gasteiger partial charge >= 0.3 is 0 Å². The van der Waals surface area contributed by atoms with Gasteiger partial charge < -0.3 is 14.1 Å². The van der Waals surface area contributed by atoms with Crippen LogP contribution in [0.25, 0.3) is 11.3 Å². The normalized spacial score (nSPS) is 20.7. The molecule has 1 amide bonds. The number of quaternary nitrogens is 1. The van der Waals surface area contributed by atoms with Gasteiger partial charge in [-0.15, -0.1) is 0 Å². The lowest BCUT2D eigenvalue weighted by Gasteiger charge is -2.38. The number of benzene rings is 1. The van der Waals surface area contributed by atoms with Crippen molar-refractivity contribution in [2.24, 2.45) is 0 Å². The number of piperazine rings is 1. The minimum atomic E-state index is -0.920. The number of carbonyl (C=O) groups excluding carboxylic acids is 1. The summed E-state index contributed by atoms with van der Waals surface area (Å²) >= 11 is 0. The summed E-state index contributed by atoms with van der Waals surface area (Å²) < 4.78 is 20.2. The van der Waals surface area contributed by atoms with Crippen LogP contribution in [0.2, 0.25) is 0 Å². The van der Waals surface area contributed by atoms with Gasteiger partial charge in [-0.2, -0.15) is 0 Å². The Balaban J connectivity index is 1.45. The van der Waals surface area contributed by atoms with Crippen molar-refractivity contribution in [3.63, 3.8) is 0 Å². The number of pyridine rings is 1. The Labute approximate surface area is 183 Å². The number of alkyl halides is 1. The molecule has 1 aromatic heterocycles. The van der Waals surface area contributed by atoms with E-state index in [0.29, 0.717) is 30.0 Å². The summed E-state index contributed by atoms with van der Waals surface area (Å²) in [5.41, 5.74) is 2.13. The summed E-state index contributed by atoms with van der Waals surface area (Å²) in [5.74, 6) is 1.32. The lowest BCUT2D eigenvalue weighted by atomic mass is 10.1. The maximum atomic E-state index is 13.4. The van der Waals surface area contributed by atoms with Gasteiger partial charge in [-0.3, -0.25) is 4.79 Å². The van der Waals surface area contributed by atoms with Crippen molar-refractivity contribution in [2.45, 2.75) is 19.0 Å². The van der Waals surface area contributed by atoms with Gasteiger partial charge in [-0.1, -0.05) is 6.07 Å². The monoisotopic (exact) mass is 422 g/mol. The third kappa shape index (κ3) is 5.39. The average Bonchev–Trinajstić information content (AvgIpc) is 2.98. The summed E-state index contributed by atoms with van der Waals surface area (Å²) in [7, 11) is 4.38. The largest absolute Gasteiger partial charge is 0.458 e. The standard InChI is InChI=1S/C25H29FN3O2/c1-29(2)17-15-28(16-18-29)25(30)24-8-4-7-23(27-24)19-9-12-22(13-10-19)31-21-6-3-5-20(26)11-14-21/h4,6-14,20H,3,5,15-18H2,1-2H3/q+1. The van der Waals surface area contributed by atoms with Crippen LogP contribution in [0.15, 0.2) is 66.5 Å². The average molecular weight is 423 g/mol. The number of carbonyl (C=O) groups is 1. The van der Waals surface area contributed by atoms with Crippen LogP contribution >= 0.6 is 0 Å². The number of aromatic nitrogens is 1. The van der Waals surface area contributed by atoms with E-state index in [4.69, 9.17) is 4.74 Å². The van der Waals surface area contributed by atoms with Crippen molar-refractivity contribution in [1.29, 1.82) is 0 Å². The first-order chi connectivity index (χ1) is 14.9. The highest BCUT2D eigenvalue weighted by Crippen LogP contribution is 2.24. The second-order valence-electron chi connectivity index (χ2n) is 8.77. The molecule has 1 aliphatic heterocycles. The molecule has 1 atom stereocenters. The molecule has 2 aromatic rings. The molecule has 0 spiro atoms. The van der Waals surface area contributed by atoms with E-state index >= 15 is 0 Å². The van der Waals surface area contributed by atoms with Gasteiger partial charge in [0.15, 0.2) is 0 Å². The molecule has 1 aliphatic carbocycles. The smallest absolute Gasteiger partial charge is 0.272 e. The molecule has 2 heterocycles. The van der Waals surface area contributed by atoms with Crippen LogP contribution in [0.3, 0.4) is 0 Å². The predicted octanol–water partition coefficient (Wildman–Crippen LogP) is 4.23. The van der Waals surface area contributed by atoms with E-state index < -0.39 is 6.17 Å². The number of nitrogens with zero attached hydrogens (tertiary/aromatic N) is 3. The molecule has 1 unspecified atom stereocenters. The highest BCUT2D eigenvalue weighted by molar-refractivity contribution is 5.93. The summed E-state index contributed by atoms with van der Waals surface area (Å²) in [6.07, 6.45) is 5.33. The Morgan fingerprint density at radius 2 is 1.87 bits per heavy atom. The van der Waals surface area contributed by atoms with Crippen LogP contribution < -0.4 is 4.74 Å². The Kier molecular flexibility index (Phi) is 6.18. The number of allylic oxidation sites excluding steroid dienone is 3. The van der Waals surface area contributed by atoms with Crippen LogP contribution in [0, 0.1) is 0 Å². The fraction of sp³-hybridized carbons (Fsp3) is 0.360. The van der Waals surface area contributed by atoms with Gasteiger partial charge in [-0.25, -0.2) is 9.37 Å². The van der Waals surface area contributed by atoms with Crippen LogP contribution in [0.1, 0.15) is 23.3 Å². The maximum Gasteiger partial charge on any atom is 0.272 e. The van der Waals surface area contributed by atoms with Gasteiger partial charge in [-0.05, 0) is 67.5 Å². The van der Waals surface area contributed by atoms with Crippen molar-refractivity contribution in [2.75, 3.05) is 40.3 Å². The third-order valence-corrected chi connectivity index (χ3v) is 5.85. The minimum absolute atomic E-state index is 0.0141. The molecule has 0 radical (unpaired) electrons. The maximum absolute atomic E-state index is 13.4. The van der Waals surface area contributed by atoms with Crippen LogP contribution in [0.4, 0.5) is 4.39 Å². The molecule has 0 N–H and O–H groups in total. The lowest BCUT2D eigenvalue weighted by Crippen LogP contribution is -2.56. The Morgan fingerprint density at radius 1 is 1.13 bits per heavy atom. The lowest BCUT2D eigenvalue weighted by molar-refractivity contribution is -0.894. The molecule has 0 bridgehead atoms. The highest BCUT2D eigenvalue weighted by atomic mass is 19.1. The molecule has 0 saturated carbocycles. The fourth-order valence-electron chi connectivity index (χ4n) is 3.74. The van der Waals surface area contributed by atoms with E-state index in [9.17, 15) is 9.18 Å². The molecule has 1 aromatic carbocycles. The van der Waals surface area contributed by atoms with Crippen molar-refractivity contribution in [3.05, 3.63) is 72.1 Å². The van der Waals surface area contributed by atoms with Crippen molar-refractivity contribution in [1.82, 2.24) is 9.88 Å². The number of amides is 1. The number of halogens is 1.